The fraction of sp³-hybridized carbons (Fsp3) is 0.364. The molecular formula is C22H24N2O2S. The summed E-state index contributed by atoms with van der Waals surface area (Å²) in [7, 11) is 0. The molecule has 27 heavy (non-hydrogen) atoms. The number of amides is 2. The number of nitrogens with one attached hydrogen (secondary N) is 1. The Morgan fingerprint density at radius 1 is 1.15 bits per heavy atom. The van der Waals surface area contributed by atoms with E-state index in [9.17, 15) is 9.59 Å². The van der Waals surface area contributed by atoms with Gasteiger partial charge < -0.3 is 10.2 Å². The van der Waals surface area contributed by atoms with E-state index in [4.69, 9.17) is 0 Å². The van der Waals surface area contributed by atoms with Crippen LogP contribution in [0.25, 0.3) is 0 Å². The predicted octanol–water partition coefficient (Wildman–Crippen LogP) is 4.14. The minimum atomic E-state index is -0.439. The molecule has 2 atom stereocenters. The van der Waals surface area contributed by atoms with Crippen LogP contribution in [0, 0.1) is 20.8 Å². The third-order valence-corrected chi connectivity index (χ3v) is 7.39. The second-order valence-corrected chi connectivity index (χ2v) is 8.78. The van der Waals surface area contributed by atoms with E-state index in [0.29, 0.717) is 12.2 Å². The molecule has 4 rings (SSSR count). The van der Waals surface area contributed by atoms with E-state index in [-0.39, 0.29) is 11.8 Å². The topological polar surface area (TPSA) is 49.4 Å². The number of fused-ring (bicyclic) bond motifs is 1. The van der Waals surface area contributed by atoms with Gasteiger partial charge >= 0.3 is 0 Å². The van der Waals surface area contributed by atoms with Crippen molar-refractivity contribution < 1.29 is 9.59 Å². The van der Waals surface area contributed by atoms with E-state index < -0.39 is 10.9 Å². The summed E-state index contributed by atoms with van der Waals surface area (Å²) in [6.07, 6.45) is 1.25. The lowest BCUT2D eigenvalue weighted by molar-refractivity contribution is -0.136. The Bertz CT molecular complexity index is 909. The first-order valence-electron chi connectivity index (χ1n) is 9.33. The zero-order chi connectivity index (χ0) is 19.2. The number of hydrogen-bond donors (Lipinski definition) is 1. The summed E-state index contributed by atoms with van der Waals surface area (Å²) >= 11 is 1.72. The van der Waals surface area contributed by atoms with Gasteiger partial charge in [-0.25, -0.2) is 0 Å². The zero-order valence-corrected chi connectivity index (χ0v) is 16.7. The number of hydrogen-bond acceptors (Lipinski definition) is 3. The molecule has 2 aromatic carbocycles. The molecule has 0 bridgehead atoms. The van der Waals surface area contributed by atoms with Gasteiger partial charge in [-0.15, -0.1) is 11.8 Å². The highest BCUT2D eigenvalue weighted by molar-refractivity contribution is 8.00. The lowest BCUT2D eigenvalue weighted by atomic mass is 10.0. The fourth-order valence-electron chi connectivity index (χ4n) is 4.05. The Morgan fingerprint density at radius 3 is 2.63 bits per heavy atom. The summed E-state index contributed by atoms with van der Waals surface area (Å²) in [4.78, 5) is 27.2. The van der Waals surface area contributed by atoms with E-state index in [2.05, 4.69) is 36.5 Å². The minimum Gasteiger partial charge on any atom is -0.324 e. The molecule has 140 valence electrons. The number of carbonyl (C=O) groups is 2. The Balaban J connectivity index is 1.63. The molecule has 2 saturated heterocycles. The maximum Gasteiger partial charge on any atom is 0.248 e. The summed E-state index contributed by atoms with van der Waals surface area (Å²) in [6.45, 7) is 6.09. The lowest BCUT2D eigenvalue weighted by Crippen LogP contribution is -2.48. The number of benzene rings is 2. The molecule has 2 heterocycles. The van der Waals surface area contributed by atoms with Crippen molar-refractivity contribution >= 4 is 29.3 Å². The Morgan fingerprint density at radius 2 is 1.89 bits per heavy atom. The average molecular weight is 381 g/mol. The Hall–Kier alpha value is -2.27. The molecule has 2 amide bonds. The lowest BCUT2D eigenvalue weighted by Gasteiger charge is -2.34. The van der Waals surface area contributed by atoms with Gasteiger partial charge in [-0.3, -0.25) is 9.59 Å². The first kappa shape index (κ1) is 18.1. The SMILES string of the molecule is Cc1ccc([C@]23CCC(=O)N2[C@H](C(=O)Nc2cccc(C)c2C)CS3)cc1. The molecule has 5 heteroatoms. The van der Waals surface area contributed by atoms with E-state index in [1.807, 2.05) is 36.9 Å². The van der Waals surface area contributed by atoms with Crippen molar-refractivity contribution in [2.45, 2.75) is 44.5 Å². The molecule has 4 nitrogen and oxygen atoms in total. The van der Waals surface area contributed by atoms with Gasteiger partial charge in [0.1, 0.15) is 10.9 Å². The maximum atomic E-state index is 13.1. The van der Waals surface area contributed by atoms with Crippen LogP contribution in [0.3, 0.4) is 0 Å². The molecule has 0 radical (unpaired) electrons. The van der Waals surface area contributed by atoms with Crippen LogP contribution in [-0.4, -0.2) is 28.5 Å². The van der Waals surface area contributed by atoms with Crippen molar-refractivity contribution in [2.75, 3.05) is 11.1 Å². The van der Waals surface area contributed by atoms with Crippen molar-refractivity contribution in [3.05, 3.63) is 64.7 Å². The van der Waals surface area contributed by atoms with E-state index in [0.717, 1.165) is 28.8 Å². The summed E-state index contributed by atoms with van der Waals surface area (Å²) in [5.41, 5.74) is 5.34. The van der Waals surface area contributed by atoms with Crippen LogP contribution in [0.5, 0.6) is 0 Å². The van der Waals surface area contributed by atoms with Gasteiger partial charge in [-0.2, -0.15) is 0 Å². The highest BCUT2D eigenvalue weighted by atomic mass is 32.2. The third-order valence-electron chi connectivity index (χ3n) is 5.80. The standard InChI is InChI=1S/C22H24N2O2S/c1-14-7-9-17(10-8-14)22-12-11-20(25)24(22)19(13-27-22)21(26)23-18-6-4-5-15(2)16(18)3/h4-10,19H,11-13H2,1-3H3,(H,23,26)/t19-,22+/m0/s1. The summed E-state index contributed by atoms with van der Waals surface area (Å²) in [6, 6.07) is 13.8. The molecule has 2 fully saturated rings. The molecule has 1 N–H and O–H groups in total. The quantitative estimate of drug-likeness (QED) is 0.871. The molecular weight excluding hydrogens is 356 g/mol. The van der Waals surface area contributed by atoms with Crippen LogP contribution in [0.15, 0.2) is 42.5 Å². The fourth-order valence-corrected chi connectivity index (χ4v) is 5.70. The van der Waals surface area contributed by atoms with Gasteiger partial charge in [-0.05, 0) is 49.9 Å². The Labute approximate surface area is 164 Å². The van der Waals surface area contributed by atoms with Crippen molar-refractivity contribution in [3.8, 4) is 0 Å². The van der Waals surface area contributed by atoms with Crippen LogP contribution in [0.1, 0.15) is 35.1 Å². The maximum absolute atomic E-state index is 13.1. The highest BCUT2D eigenvalue weighted by Gasteiger charge is 2.56. The van der Waals surface area contributed by atoms with Crippen molar-refractivity contribution in [2.24, 2.45) is 0 Å². The summed E-state index contributed by atoms with van der Waals surface area (Å²) in [5, 5.41) is 3.06. The number of aryl methyl sites for hydroxylation is 2. The van der Waals surface area contributed by atoms with Crippen molar-refractivity contribution in [1.82, 2.24) is 4.90 Å². The minimum absolute atomic E-state index is 0.0710. The van der Waals surface area contributed by atoms with E-state index in [1.54, 1.807) is 11.8 Å². The van der Waals surface area contributed by atoms with Crippen LogP contribution in [0.2, 0.25) is 0 Å². The van der Waals surface area contributed by atoms with E-state index in [1.165, 1.54) is 5.56 Å². The van der Waals surface area contributed by atoms with Crippen molar-refractivity contribution in [3.63, 3.8) is 0 Å². The molecule has 2 aliphatic rings. The van der Waals surface area contributed by atoms with Gasteiger partial charge in [0.05, 0.1) is 0 Å². The van der Waals surface area contributed by atoms with Gasteiger partial charge in [0.15, 0.2) is 0 Å². The second-order valence-electron chi connectivity index (χ2n) is 7.48. The third kappa shape index (κ3) is 2.94. The van der Waals surface area contributed by atoms with Crippen LogP contribution in [0.4, 0.5) is 5.69 Å². The summed E-state index contributed by atoms with van der Waals surface area (Å²) in [5.74, 6) is 0.596. The number of carbonyl (C=O) groups excluding carboxylic acids is 2. The molecule has 0 saturated carbocycles. The highest BCUT2D eigenvalue weighted by Crippen LogP contribution is 2.54. The number of anilines is 1. The molecule has 0 aliphatic carbocycles. The van der Waals surface area contributed by atoms with Gasteiger partial charge in [0.2, 0.25) is 11.8 Å². The number of nitrogens with zero attached hydrogens (tertiary/aromatic N) is 1. The van der Waals surface area contributed by atoms with Crippen LogP contribution in [-0.2, 0) is 14.5 Å². The van der Waals surface area contributed by atoms with Crippen LogP contribution >= 0.6 is 11.8 Å². The van der Waals surface area contributed by atoms with E-state index >= 15 is 0 Å². The monoisotopic (exact) mass is 380 g/mol. The second kappa shape index (κ2) is 6.71. The normalized spacial score (nSPS) is 24.2. The van der Waals surface area contributed by atoms with Crippen LogP contribution < -0.4 is 5.32 Å². The number of thioether (sulfide) groups is 1. The zero-order valence-electron chi connectivity index (χ0n) is 15.9. The first-order chi connectivity index (χ1) is 12.9. The molecule has 0 unspecified atom stereocenters. The summed E-state index contributed by atoms with van der Waals surface area (Å²) < 4.78 is 0. The first-order valence-corrected chi connectivity index (χ1v) is 10.3. The Kier molecular flexibility index (Phi) is 4.50. The largest absolute Gasteiger partial charge is 0.324 e. The molecule has 2 aliphatic heterocycles. The average Bonchev–Trinajstić information content (AvgIpc) is 3.19. The molecule has 0 aromatic heterocycles. The van der Waals surface area contributed by atoms with Gasteiger partial charge in [0, 0.05) is 17.9 Å². The van der Waals surface area contributed by atoms with Gasteiger partial charge in [-0.1, -0.05) is 42.0 Å². The molecule has 0 spiro atoms. The predicted molar refractivity (Wildman–Crippen MR) is 110 cm³/mol. The smallest absolute Gasteiger partial charge is 0.248 e. The number of rotatable bonds is 3. The van der Waals surface area contributed by atoms with Gasteiger partial charge in [0.25, 0.3) is 0 Å². The molecule has 2 aromatic rings. The van der Waals surface area contributed by atoms with Crippen molar-refractivity contribution in [1.29, 1.82) is 0 Å².